The zero-order valence-electron chi connectivity index (χ0n) is 10.4. The number of benzene rings is 1. The van der Waals surface area contributed by atoms with Gasteiger partial charge in [-0.1, -0.05) is 0 Å². The lowest BCUT2D eigenvalue weighted by molar-refractivity contribution is -0.137. The Hall–Kier alpha value is -1.14. The standard InChI is InChI=1S/C12H15F3N2O.ClH/c1-17-5-4-9(7-17)18-11-6-8(12(13,14)15)2-3-10(11)16;/h2-3,6,9H,4-5,7,16H2,1H3;1H/t9-;/m1./s1. The lowest BCUT2D eigenvalue weighted by Crippen LogP contribution is -2.22. The monoisotopic (exact) mass is 296 g/mol. The number of anilines is 1. The van der Waals surface area contributed by atoms with E-state index >= 15 is 0 Å². The van der Waals surface area contributed by atoms with Crippen molar-refractivity contribution >= 4 is 18.1 Å². The van der Waals surface area contributed by atoms with Crippen LogP contribution in [0.5, 0.6) is 5.75 Å². The van der Waals surface area contributed by atoms with Crippen LogP contribution in [0.2, 0.25) is 0 Å². The molecule has 0 saturated carbocycles. The largest absolute Gasteiger partial charge is 0.487 e. The molecular formula is C12H16ClF3N2O. The second-order valence-corrected chi connectivity index (χ2v) is 4.54. The summed E-state index contributed by atoms with van der Waals surface area (Å²) in [6.07, 6.45) is -3.68. The maximum absolute atomic E-state index is 12.6. The number of alkyl halides is 3. The molecule has 7 heteroatoms. The topological polar surface area (TPSA) is 38.5 Å². The molecule has 1 atom stereocenters. The minimum Gasteiger partial charge on any atom is -0.487 e. The van der Waals surface area contributed by atoms with Gasteiger partial charge in [-0.15, -0.1) is 12.4 Å². The van der Waals surface area contributed by atoms with Gasteiger partial charge < -0.3 is 15.4 Å². The Morgan fingerprint density at radius 2 is 2.05 bits per heavy atom. The van der Waals surface area contributed by atoms with Crippen molar-refractivity contribution in [1.82, 2.24) is 4.90 Å². The molecule has 2 rings (SSSR count). The van der Waals surface area contributed by atoms with E-state index in [4.69, 9.17) is 10.5 Å². The van der Waals surface area contributed by atoms with E-state index in [-0.39, 0.29) is 29.9 Å². The van der Waals surface area contributed by atoms with E-state index in [0.29, 0.717) is 6.54 Å². The van der Waals surface area contributed by atoms with Crippen molar-refractivity contribution in [2.24, 2.45) is 0 Å². The van der Waals surface area contributed by atoms with E-state index in [1.807, 2.05) is 7.05 Å². The zero-order valence-corrected chi connectivity index (χ0v) is 11.2. The van der Waals surface area contributed by atoms with Crippen LogP contribution in [0, 0.1) is 0 Å². The second-order valence-electron chi connectivity index (χ2n) is 4.54. The number of rotatable bonds is 2. The van der Waals surface area contributed by atoms with E-state index in [0.717, 1.165) is 25.1 Å². The number of nitrogens with zero attached hydrogens (tertiary/aromatic N) is 1. The fourth-order valence-corrected chi connectivity index (χ4v) is 1.98. The molecule has 1 aromatic rings. The van der Waals surface area contributed by atoms with Gasteiger partial charge in [0.15, 0.2) is 0 Å². The van der Waals surface area contributed by atoms with Gasteiger partial charge in [-0.05, 0) is 31.7 Å². The van der Waals surface area contributed by atoms with Crippen LogP contribution in [-0.4, -0.2) is 31.1 Å². The third-order valence-electron chi connectivity index (χ3n) is 2.98. The number of halogens is 4. The highest BCUT2D eigenvalue weighted by atomic mass is 35.5. The fraction of sp³-hybridized carbons (Fsp3) is 0.500. The normalized spacial score (nSPS) is 20.1. The van der Waals surface area contributed by atoms with E-state index in [1.165, 1.54) is 6.07 Å². The SMILES string of the molecule is CN1CC[C@@H](Oc2cc(C(F)(F)F)ccc2N)C1.Cl. The average Bonchev–Trinajstić information content (AvgIpc) is 2.66. The molecule has 1 aliphatic rings. The number of hydrogen-bond donors (Lipinski definition) is 1. The first kappa shape index (κ1) is 15.9. The third-order valence-corrected chi connectivity index (χ3v) is 2.98. The molecule has 0 spiro atoms. The fourth-order valence-electron chi connectivity index (χ4n) is 1.98. The number of ether oxygens (including phenoxy) is 1. The van der Waals surface area contributed by atoms with Crippen molar-refractivity contribution in [2.75, 3.05) is 25.9 Å². The molecule has 0 amide bonds. The number of hydrogen-bond acceptors (Lipinski definition) is 3. The molecule has 0 radical (unpaired) electrons. The summed E-state index contributed by atoms with van der Waals surface area (Å²) in [6, 6.07) is 3.16. The van der Waals surface area contributed by atoms with Crippen LogP contribution in [0.25, 0.3) is 0 Å². The molecule has 1 aliphatic heterocycles. The number of likely N-dealkylation sites (N-methyl/N-ethyl adjacent to an activating group) is 1. The minimum atomic E-state index is -4.38. The Morgan fingerprint density at radius 1 is 1.37 bits per heavy atom. The van der Waals surface area contributed by atoms with E-state index in [9.17, 15) is 13.2 Å². The Labute approximate surface area is 115 Å². The number of likely N-dealkylation sites (tertiary alicyclic amines) is 1. The van der Waals surface area contributed by atoms with Gasteiger partial charge >= 0.3 is 6.18 Å². The lowest BCUT2D eigenvalue weighted by atomic mass is 10.2. The summed E-state index contributed by atoms with van der Waals surface area (Å²) >= 11 is 0. The summed E-state index contributed by atoms with van der Waals surface area (Å²) in [4.78, 5) is 2.06. The van der Waals surface area contributed by atoms with E-state index in [2.05, 4.69) is 4.90 Å². The van der Waals surface area contributed by atoms with Crippen LogP contribution in [0.1, 0.15) is 12.0 Å². The van der Waals surface area contributed by atoms with Crippen molar-refractivity contribution in [3.05, 3.63) is 23.8 Å². The quantitative estimate of drug-likeness (QED) is 0.853. The molecule has 19 heavy (non-hydrogen) atoms. The maximum atomic E-state index is 12.6. The Balaban J connectivity index is 0.00000180. The van der Waals surface area contributed by atoms with Gasteiger partial charge in [0.25, 0.3) is 0 Å². The van der Waals surface area contributed by atoms with Gasteiger partial charge in [-0.25, -0.2) is 0 Å². The van der Waals surface area contributed by atoms with E-state index in [1.54, 1.807) is 0 Å². The van der Waals surface area contributed by atoms with Gasteiger partial charge in [-0.2, -0.15) is 13.2 Å². The van der Waals surface area contributed by atoms with Crippen LogP contribution >= 0.6 is 12.4 Å². The van der Waals surface area contributed by atoms with Crippen molar-refractivity contribution in [1.29, 1.82) is 0 Å². The first-order valence-electron chi connectivity index (χ1n) is 5.68. The summed E-state index contributed by atoms with van der Waals surface area (Å²) in [5, 5.41) is 0. The molecule has 0 aromatic heterocycles. The molecule has 0 unspecified atom stereocenters. The number of nitrogen functional groups attached to an aromatic ring is 1. The molecule has 1 aromatic carbocycles. The minimum absolute atomic E-state index is 0. The summed E-state index contributed by atoms with van der Waals surface area (Å²) in [7, 11) is 1.94. The molecule has 1 heterocycles. The highest BCUT2D eigenvalue weighted by Gasteiger charge is 2.31. The molecule has 3 nitrogen and oxygen atoms in total. The Morgan fingerprint density at radius 3 is 2.58 bits per heavy atom. The highest BCUT2D eigenvalue weighted by molar-refractivity contribution is 5.85. The first-order chi connectivity index (χ1) is 8.36. The van der Waals surface area contributed by atoms with Crippen LogP contribution < -0.4 is 10.5 Å². The zero-order chi connectivity index (χ0) is 13.3. The van der Waals surface area contributed by atoms with Crippen LogP contribution in [0.15, 0.2) is 18.2 Å². The second kappa shape index (κ2) is 5.88. The van der Waals surface area contributed by atoms with Gasteiger partial charge in [0.2, 0.25) is 0 Å². The number of nitrogens with two attached hydrogens (primary N) is 1. The maximum Gasteiger partial charge on any atom is 0.416 e. The smallest absolute Gasteiger partial charge is 0.416 e. The first-order valence-corrected chi connectivity index (χ1v) is 5.68. The molecule has 0 bridgehead atoms. The molecule has 0 aliphatic carbocycles. The van der Waals surface area contributed by atoms with E-state index < -0.39 is 11.7 Å². The van der Waals surface area contributed by atoms with Gasteiger partial charge in [0, 0.05) is 13.1 Å². The molecular weight excluding hydrogens is 281 g/mol. The lowest BCUT2D eigenvalue weighted by Gasteiger charge is -2.17. The molecule has 108 valence electrons. The van der Waals surface area contributed by atoms with Crippen LogP contribution in [-0.2, 0) is 6.18 Å². The highest BCUT2D eigenvalue weighted by Crippen LogP contribution is 2.34. The van der Waals surface area contributed by atoms with Crippen LogP contribution in [0.3, 0.4) is 0 Å². The van der Waals surface area contributed by atoms with Gasteiger partial charge in [0.1, 0.15) is 11.9 Å². The predicted octanol–water partition coefficient (Wildman–Crippen LogP) is 2.79. The summed E-state index contributed by atoms with van der Waals surface area (Å²) < 4.78 is 43.3. The van der Waals surface area contributed by atoms with Crippen molar-refractivity contribution in [3.63, 3.8) is 0 Å². The van der Waals surface area contributed by atoms with Crippen molar-refractivity contribution in [3.8, 4) is 5.75 Å². The predicted molar refractivity (Wildman–Crippen MR) is 69.6 cm³/mol. The van der Waals surface area contributed by atoms with Crippen molar-refractivity contribution < 1.29 is 17.9 Å². The Bertz CT molecular complexity index is 439. The Kier molecular flexibility index (Phi) is 4.92. The molecule has 1 fully saturated rings. The average molecular weight is 297 g/mol. The van der Waals surface area contributed by atoms with Gasteiger partial charge in [-0.3, -0.25) is 0 Å². The van der Waals surface area contributed by atoms with Gasteiger partial charge in [0.05, 0.1) is 11.3 Å². The molecule has 2 N–H and O–H groups in total. The summed E-state index contributed by atoms with van der Waals surface area (Å²) in [6.45, 7) is 1.58. The molecule has 1 saturated heterocycles. The van der Waals surface area contributed by atoms with Crippen LogP contribution in [0.4, 0.5) is 18.9 Å². The third kappa shape index (κ3) is 3.91. The van der Waals surface area contributed by atoms with Crippen molar-refractivity contribution in [2.45, 2.75) is 18.7 Å². The summed E-state index contributed by atoms with van der Waals surface area (Å²) in [5.74, 6) is 0.116. The summed E-state index contributed by atoms with van der Waals surface area (Å²) in [5.41, 5.74) is 5.14.